The summed E-state index contributed by atoms with van der Waals surface area (Å²) in [6.45, 7) is 0.724. The lowest BCUT2D eigenvalue weighted by atomic mass is 9.97. The number of alkyl halides is 6. The third kappa shape index (κ3) is 13.8. The molecule has 0 unspecified atom stereocenters. The molecule has 0 radical (unpaired) electrons. The third-order valence-corrected chi connectivity index (χ3v) is 11.0. The fraction of sp³-hybridized carbons (Fsp3) is 0.260. The minimum Gasteiger partial charge on any atom is -0.440 e. The Labute approximate surface area is 372 Å². The molecule has 5 atom stereocenters. The average molecular weight is 902 g/mol. The van der Waals surface area contributed by atoms with Gasteiger partial charge in [-0.3, -0.25) is 0 Å². The fourth-order valence-corrected chi connectivity index (χ4v) is 7.61. The number of hydrogen-bond acceptors (Lipinski definition) is 8. The highest BCUT2D eigenvalue weighted by atomic mass is 32.2. The highest BCUT2D eigenvalue weighted by Gasteiger charge is 2.50. The van der Waals surface area contributed by atoms with Crippen molar-refractivity contribution in [2.45, 2.75) is 75.2 Å². The summed E-state index contributed by atoms with van der Waals surface area (Å²) in [5.74, 6) is 0.0836. The first-order valence-corrected chi connectivity index (χ1v) is 21.4. The van der Waals surface area contributed by atoms with Crippen LogP contribution in [0.4, 0.5) is 32.0 Å². The lowest BCUT2D eigenvalue weighted by Crippen LogP contribution is -2.62. The standard InChI is InChI=1S/C50H45F6NO6S/c51-49(52,53)40-23-21-39(22-24-40)34-64-48(57-42-27-25-41(26-28-42)50(54,55)56)63-47-46(61-32-38-19-11-4-12-20-38)45(60-31-37-17-9-3-10-18-37)44(59-30-36-15-7-2-8-16-36)43(62-47)33-58-29-35-13-5-1-6-14-35/h1-28,43-47H,29-34H2/t43-,44-,45+,46-,47-/m0/s1. The van der Waals surface area contributed by atoms with E-state index in [2.05, 4.69) is 4.99 Å². The van der Waals surface area contributed by atoms with Crippen LogP contribution in [-0.4, -0.2) is 42.5 Å². The number of thioether (sulfide) groups is 1. The summed E-state index contributed by atoms with van der Waals surface area (Å²) in [5.41, 5.74) is 2.51. The van der Waals surface area contributed by atoms with Gasteiger partial charge in [0, 0.05) is 5.75 Å². The lowest BCUT2D eigenvalue weighted by Gasteiger charge is -2.45. The Morgan fingerprint density at radius 1 is 0.484 bits per heavy atom. The molecular weight excluding hydrogens is 857 g/mol. The SMILES string of the molecule is FC(F)(F)c1ccc(CSC(=Nc2ccc(C(F)(F)F)cc2)O[C@@H]2O[C@@H](COCc3ccccc3)[C@H](OCc3ccccc3)[C@@H](OCc3ccccc3)[C@@H]2OCc2ccccc2)cc1. The molecule has 0 bridgehead atoms. The van der Waals surface area contributed by atoms with E-state index >= 15 is 0 Å². The van der Waals surface area contributed by atoms with E-state index in [-0.39, 0.29) is 49.7 Å². The van der Waals surface area contributed by atoms with Gasteiger partial charge in [0.2, 0.25) is 6.29 Å². The van der Waals surface area contributed by atoms with Crippen molar-refractivity contribution in [2.24, 2.45) is 4.99 Å². The number of benzene rings is 6. The molecule has 7 rings (SSSR count). The molecule has 1 aliphatic heterocycles. The van der Waals surface area contributed by atoms with Crippen LogP contribution in [0.5, 0.6) is 0 Å². The molecule has 334 valence electrons. The minimum absolute atomic E-state index is 0.0227. The van der Waals surface area contributed by atoms with Crippen LogP contribution in [0.15, 0.2) is 175 Å². The van der Waals surface area contributed by atoms with Crippen molar-refractivity contribution in [1.82, 2.24) is 0 Å². The predicted molar refractivity (Wildman–Crippen MR) is 232 cm³/mol. The van der Waals surface area contributed by atoms with Crippen molar-refractivity contribution in [2.75, 3.05) is 6.61 Å². The summed E-state index contributed by atoms with van der Waals surface area (Å²) in [4.78, 5) is 4.61. The molecular formula is C50H45F6NO6S. The van der Waals surface area contributed by atoms with Gasteiger partial charge in [0.25, 0.3) is 5.23 Å². The first kappa shape index (κ1) is 46.5. The fourth-order valence-electron chi connectivity index (χ4n) is 6.80. The quantitative estimate of drug-likeness (QED) is 0.0513. The van der Waals surface area contributed by atoms with Gasteiger partial charge in [-0.2, -0.15) is 26.3 Å². The molecule has 1 heterocycles. The number of aliphatic imine (C=N–C) groups is 1. The van der Waals surface area contributed by atoms with Crippen molar-refractivity contribution >= 4 is 22.7 Å². The number of halogens is 6. The Morgan fingerprint density at radius 3 is 1.38 bits per heavy atom. The van der Waals surface area contributed by atoms with Crippen LogP contribution in [0.25, 0.3) is 0 Å². The van der Waals surface area contributed by atoms with E-state index in [1.54, 1.807) is 0 Å². The van der Waals surface area contributed by atoms with E-state index in [9.17, 15) is 26.3 Å². The Morgan fingerprint density at radius 2 is 0.906 bits per heavy atom. The second kappa shape index (κ2) is 22.4. The van der Waals surface area contributed by atoms with Crippen LogP contribution in [0.1, 0.15) is 38.9 Å². The number of hydrogen-bond donors (Lipinski definition) is 0. The average Bonchev–Trinajstić information content (AvgIpc) is 3.30. The molecule has 6 aromatic carbocycles. The van der Waals surface area contributed by atoms with Gasteiger partial charge in [-0.1, -0.05) is 145 Å². The molecule has 0 aromatic heterocycles. The molecule has 14 heteroatoms. The highest BCUT2D eigenvalue weighted by molar-refractivity contribution is 8.12. The highest BCUT2D eigenvalue weighted by Crippen LogP contribution is 2.35. The number of ether oxygens (including phenoxy) is 6. The molecule has 1 fully saturated rings. The van der Waals surface area contributed by atoms with Crippen LogP contribution >= 0.6 is 11.8 Å². The van der Waals surface area contributed by atoms with E-state index in [4.69, 9.17) is 28.4 Å². The molecule has 1 aliphatic rings. The zero-order valence-corrected chi connectivity index (χ0v) is 35.2. The maximum atomic E-state index is 13.6. The molecule has 0 aliphatic carbocycles. The normalized spacial score (nSPS) is 19.3. The summed E-state index contributed by atoms with van der Waals surface area (Å²) in [5, 5.41) is -0.0487. The number of rotatable bonds is 17. The van der Waals surface area contributed by atoms with E-state index in [1.807, 2.05) is 121 Å². The van der Waals surface area contributed by atoms with Gasteiger partial charge >= 0.3 is 12.4 Å². The van der Waals surface area contributed by atoms with Crippen LogP contribution in [0.3, 0.4) is 0 Å². The smallest absolute Gasteiger partial charge is 0.416 e. The molecule has 0 N–H and O–H groups in total. The molecule has 0 amide bonds. The Bertz CT molecular complexity index is 2320. The van der Waals surface area contributed by atoms with Gasteiger partial charge in [-0.25, -0.2) is 4.99 Å². The molecule has 1 saturated heterocycles. The maximum absolute atomic E-state index is 13.6. The van der Waals surface area contributed by atoms with E-state index in [1.165, 1.54) is 24.3 Å². The summed E-state index contributed by atoms with van der Waals surface area (Å²) in [6, 6.07) is 47.1. The predicted octanol–water partition coefficient (Wildman–Crippen LogP) is 12.4. The van der Waals surface area contributed by atoms with Crippen molar-refractivity contribution in [3.05, 3.63) is 209 Å². The second-order valence-electron chi connectivity index (χ2n) is 14.9. The third-order valence-electron chi connectivity index (χ3n) is 10.1. The Hall–Kier alpha value is -5.48. The van der Waals surface area contributed by atoms with Crippen molar-refractivity contribution in [1.29, 1.82) is 0 Å². The first-order valence-electron chi connectivity index (χ1n) is 20.4. The summed E-state index contributed by atoms with van der Waals surface area (Å²) in [7, 11) is 0. The molecule has 7 nitrogen and oxygen atoms in total. The van der Waals surface area contributed by atoms with Gasteiger partial charge in [-0.15, -0.1) is 0 Å². The zero-order chi connectivity index (χ0) is 44.8. The van der Waals surface area contributed by atoms with Crippen molar-refractivity contribution < 1.29 is 54.8 Å². The first-order chi connectivity index (χ1) is 31.0. The van der Waals surface area contributed by atoms with Crippen LogP contribution in [0, 0.1) is 0 Å². The van der Waals surface area contributed by atoms with Crippen LogP contribution < -0.4 is 0 Å². The van der Waals surface area contributed by atoms with Gasteiger partial charge in [-0.05, 0) is 64.2 Å². The topological polar surface area (TPSA) is 67.7 Å². The number of nitrogens with zero attached hydrogens (tertiary/aromatic N) is 1. The van der Waals surface area contributed by atoms with Gasteiger partial charge in [0.15, 0.2) is 0 Å². The van der Waals surface area contributed by atoms with Crippen LogP contribution in [-0.2, 0) is 73.0 Å². The molecule has 64 heavy (non-hydrogen) atoms. The summed E-state index contributed by atoms with van der Waals surface area (Å²) >= 11 is 1.02. The van der Waals surface area contributed by atoms with Crippen molar-refractivity contribution in [3.8, 4) is 0 Å². The lowest BCUT2D eigenvalue weighted by molar-refractivity contribution is -0.312. The second-order valence-corrected chi connectivity index (χ2v) is 15.8. The zero-order valence-electron chi connectivity index (χ0n) is 34.4. The van der Waals surface area contributed by atoms with E-state index < -0.39 is 54.2 Å². The van der Waals surface area contributed by atoms with Gasteiger partial charge < -0.3 is 28.4 Å². The van der Waals surface area contributed by atoms with E-state index in [0.717, 1.165) is 58.3 Å². The van der Waals surface area contributed by atoms with Gasteiger partial charge in [0.05, 0.1) is 49.8 Å². The van der Waals surface area contributed by atoms with Gasteiger partial charge in [0.1, 0.15) is 24.4 Å². The Kier molecular flexibility index (Phi) is 16.3. The molecule has 0 saturated carbocycles. The Balaban J connectivity index is 1.26. The van der Waals surface area contributed by atoms with Crippen molar-refractivity contribution in [3.63, 3.8) is 0 Å². The summed E-state index contributed by atoms with van der Waals surface area (Å²) in [6.07, 6.45) is -13.9. The minimum atomic E-state index is -4.58. The molecule has 0 spiro atoms. The molecule has 6 aromatic rings. The maximum Gasteiger partial charge on any atom is 0.416 e. The monoisotopic (exact) mass is 901 g/mol. The van der Waals surface area contributed by atoms with E-state index in [0.29, 0.717) is 5.56 Å². The summed E-state index contributed by atoms with van der Waals surface area (Å²) < 4.78 is 121. The van der Waals surface area contributed by atoms with Crippen LogP contribution in [0.2, 0.25) is 0 Å². The largest absolute Gasteiger partial charge is 0.440 e.